The highest BCUT2D eigenvalue weighted by Gasteiger charge is 2.51. The molecule has 19 nitrogen and oxygen atoms in total. The fourth-order valence-electron chi connectivity index (χ4n) is 13.4. The quantitative estimate of drug-likeness (QED) is 0.0191. The van der Waals surface area contributed by atoms with Gasteiger partial charge in [0, 0.05) is 19.3 Å². The van der Waals surface area contributed by atoms with Gasteiger partial charge in [-0.2, -0.15) is 0 Å². The lowest BCUT2D eigenvalue weighted by Gasteiger charge is -2.44. The van der Waals surface area contributed by atoms with Crippen molar-refractivity contribution in [1.29, 1.82) is 0 Å². The van der Waals surface area contributed by atoms with Gasteiger partial charge in [0.1, 0.15) is 30.5 Å². The molecule has 9 atom stereocenters. The van der Waals surface area contributed by atoms with E-state index in [0.717, 1.165) is 173 Å². The van der Waals surface area contributed by atoms with Gasteiger partial charge < -0.3 is 54.0 Å². The number of unbranched alkanes of at least 4 members (excludes halogenated alkanes) is 42. The summed E-state index contributed by atoms with van der Waals surface area (Å²) in [4.78, 5) is 109. The van der Waals surface area contributed by atoms with Gasteiger partial charge in [0.2, 0.25) is 11.8 Å². The van der Waals surface area contributed by atoms with Crippen LogP contribution >= 0.6 is 0 Å². The monoisotopic (exact) mass is 1440 g/mol. The highest BCUT2D eigenvalue weighted by molar-refractivity contribution is 5.84. The Morgan fingerprint density at radius 3 is 1.02 bits per heavy atom. The van der Waals surface area contributed by atoms with Gasteiger partial charge in [-0.1, -0.05) is 311 Å². The first-order chi connectivity index (χ1) is 49.2. The second-order valence-electron chi connectivity index (χ2n) is 29.2. The number of carbonyl (C=O) groups excluding carboxylic acids is 7. The first-order valence-corrected chi connectivity index (χ1v) is 41.8. The summed E-state index contributed by atoms with van der Waals surface area (Å²) in [5, 5.41) is 27.0. The highest BCUT2D eigenvalue weighted by Crippen LogP contribution is 2.30. The zero-order valence-electron chi connectivity index (χ0n) is 65.0. The van der Waals surface area contributed by atoms with Crippen LogP contribution in [0.2, 0.25) is 0 Å². The van der Waals surface area contributed by atoms with Gasteiger partial charge in [-0.3, -0.25) is 33.6 Å². The number of ether oxygens (including phenoxy) is 7. The molecule has 0 aromatic carbocycles. The van der Waals surface area contributed by atoms with E-state index in [0.29, 0.717) is 57.8 Å². The Labute approximate surface area is 613 Å². The standard InChI is InChI=1S/C82H150N2O17/c1-7-13-19-25-31-34-40-43-49-55-67(97-74(89)58-52-46-37-28-22-16-10-4)61-72(87)83-70(81(93)94)65-95-82-78(84-73(88)62-68(56-50-44-41-35-32-26-20-14-8-2)98-75(90)59-53-47-38-29-23-17-11-5)80(79(96-66-86)71(64-85)100-82)101-77(92)63-69(57-51-45-42-36-33-27-21-15-9-3)99-76(91)60-54-48-39-30-24-18-12-6/h66-71,78-80,82,85H,7-65H2,1-6H3,(H,83,87)(H,84,88)(H,93,94)/t67-,68-,69-,70+,71?,78+,79-,80?,82-/m1/s1. The van der Waals surface area contributed by atoms with Crippen molar-refractivity contribution in [3.63, 3.8) is 0 Å². The third-order valence-electron chi connectivity index (χ3n) is 19.7. The SMILES string of the molecule is CCCCCCCCCCC[C@H](CC(=O)N[C@@H](CO[C@@H]1OC(CO)[C@@H](OC=O)C(OC(=O)C[C@@H](CCCCCCCCCCC)OC(=O)CCCCCCCCC)[C@@H]1NC(=O)C[C@@H](CCCCCCCCCCC)OC(=O)CCCCCCCCC)C(=O)O)OC(=O)CCCCCCCCC. The maximum Gasteiger partial charge on any atom is 0.328 e. The van der Waals surface area contributed by atoms with Gasteiger partial charge in [0.25, 0.3) is 6.47 Å². The molecule has 0 radical (unpaired) electrons. The minimum absolute atomic E-state index is 0.105. The van der Waals surface area contributed by atoms with Gasteiger partial charge >= 0.3 is 29.8 Å². The number of hydrogen-bond donors (Lipinski definition) is 4. The second kappa shape index (κ2) is 67.5. The molecule has 1 heterocycles. The highest BCUT2D eigenvalue weighted by atomic mass is 16.7. The van der Waals surface area contributed by atoms with Crippen LogP contribution in [-0.4, -0.2) is 127 Å². The number of carbonyl (C=O) groups is 8. The molecule has 0 bridgehead atoms. The van der Waals surface area contributed by atoms with Crippen LogP contribution in [0.5, 0.6) is 0 Å². The number of aliphatic hydroxyl groups excluding tert-OH is 1. The summed E-state index contributed by atoms with van der Waals surface area (Å²) in [6.07, 6.45) is 41.4. The summed E-state index contributed by atoms with van der Waals surface area (Å²) in [5.74, 6) is -5.03. The third-order valence-corrected chi connectivity index (χ3v) is 19.7. The zero-order chi connectivity index (χ0) is 74.0. The molecule has 1 fully saturated rings. The van der Waals surface area contributed by atoms with E-state index in [9.17, 15) is 48.6 Å². The van der Waals surface area contributed by atoms with Crippen LogP contribution in [0.15, 0.2) is 0 Å². The normalized spacial score (nSPS) is 17.1. The van der Waals surface area contributed by atoms with Crippen LogP contribution in [0.25, 0.3) is 0 Å². The second-order valence-corrected chi connectivity index (χ2v) is 29.2. The van der Waals surface area contributed by atoms with Crippen LogP contribution in [0.4, 0.5) is 0 Å². The third kappa shape index (κ3) is 53.1. The molecule has 1 rings (SSSR count). The molecule has 590 valence electrons. The maximum atomic E-state index is 14.8. The van der Waals surface area contributed by atoms with Gasteiger partial charge in [-0.05, 0) is 57.8 Å². The van der Waals surface area contributed by atoms with E-state index in [4.69, 9.17) is 33.2 Å². The number of rotatable bonds is 73. The van der Waals surface area contributed by atoms with Gasteiger partial charge in [-0.15, -0.1) is 0 Å². The summed E-state index contributed by atoms with van der Waals surface area (Å²) in [6, 6.07) is -3.31. The summed E-state index contributed by atoms with van der Waals surface area (Å²) in [7, 11) is 0. The maximum absolute atomic E-state index is 14.8. The van der Waals surface area contributed by atoms with E-state index in [1.165, 1.54) is 96.3 Å². The van der Waals surface area contributed by atoms with Crippen molar-refractivity contribution in [2.24, 2.45) is 0 Å². The van der Waals surface area contributed by atoms with Gasteiger partial charge in [0.05, 0.1) is 32.5 Å². The van der Waals surface area contributed by atoms with E-state index >= 15 is 0 Å². The lowest BCUT2D eigenvalue weighted by molar-refractivity contribution is -0.276. The molecule has 2 unspecified atom stereocenters. The fourth-order valence-corrected chi connectivity index (χ4v) is 13.4. The number of carboxylic acid groups (broad SMARTS) is 1. The van der Waals surface area contributed by atoms with Gasteiger partial charge in [-0.25, -0.2) is 4.79 Å². The van der Waals surface area contributed by atoms with Crippen LogP contribution in [0.3, 0.4) is 0 Å². The molecule has 0 saturated carbocycles. The predicted octanol–water partition coefficient (Wildman–Crippen LogP) is 19.3. The minimum Gasteiger partial charge on any atom is -0.480 e. The summed E-state index contributed by atoms with van der Waals surface area (Å²) >= 11 is 0. The van der Waals surface area contributed by atoms with Crippen molar-refractivity contribution < 1.29 is 81.7 Å². The Hall–Kier alpha value is -4.36. The number of esters is 4. The largest absolute Gasteiger partial charge is 0.480 e. The van der Waals surface area contributed by atoms with Gasteiger partial charge in [0.15, 0.2) is 24.5 Å². The number of amides is 2. The molecule has 1 aliphatic rings. The lowest BCUT2D eigenvalue weighted by Crippen LogP contribution is -2.67. The van der Waals surface area contributed by atoms with E-state index < -0.39 is 116 Å². The molecule has 1 saturated heterocycles. The summed E-state index contributed by atoms with van der Waals surface area (Å²) in [5.41, 5.74) is 0. The Bertz CT molecular complexity index is 2050. The molecule has 19 heteroatoms. The Kier molecular flexibility index (Phi) is 63.3. The fraction of sp³-hybridized carbons (Fsp3) is 0.902. The number of hydrogen-bond acceptors (Lipinski definition) is 16. The number of nitrogens with one attached hydrogen (secondary N) is 2. The molecule has 0 aromatic heterocycles. The lowest BCUT2D eigenvalue weighted by atomic mass is 9.95. The molecule has 0 spiro atoms. The van der Waals surface area contributed by atoms with Crippen LogP contribution in [0, 0.1) is 0 Å². The molecular weight excluding hydrogens is 1280 g/mol. The smallest absolute Gasteiger partial charge is 0.328 e. The minimum atomic E-state index is -1.73. The predicted molar refractivity (Wildman–Crippen MR) is 401 cm³/mol. The summed E-state index contributed by atoms with van der Waals surface area (Å²) in [6.45, 7) is 11.6. The summed E-state index contributed by atoms with van der Waals surface area (Å²) < 4.78 is 42.5. The van der Waals surface area contributed by atoms with E-state index in [2.05, 4.69) is 52.2 Å². The van der Waals surface area contributed by atoms with E-state index in [-0.39, 0.29) is 38.6 Å². The van der Waals surface area contributed by atoms with Crippen molar-refractivity contribution >= 4 is 48.1 Å². The molecule has 4 N–H and O–H groups in total. The average Bonchev–Trinajstić information content (AvgIpc) is 0.787. The number of carboxylic acids is 1. The van der Waals surface area contributed by atoms with Crippen molar-refractivity contribution in [3.8, 4) is 0 Å². The molecular formula is C82H150N2O17. The van der Waals surface area contributed by atoms with Crippen molar-refractivity contribution in [3.05, 3.63) is 0 Å². The zero-order valence-corrected chi connectivity index (χ0v) is 65.0. The van der Waals surface area contributed by atoms with E-state index in [1.54, 1.807) is 0 Å². The molecule has 101 heavy (non-hydrogen) atoms. The van der Waals surface area contributed by atoms with Crippen LogP contribution in [0.1, 0.15) is 408 Å². The molecule has 0 aromatic rings. The Morgan fingerprint density at radius 1 is 0.396 bits per heavy atom. The topological polar surface area (TPSA) is 266 Å². The average molecular weight is 1440 g/mol. The first kappa shape index (κ1) is 94.7. The molecule has 2 amide bonds. The Morgan fingerprint density at radius 2 is 0.703 bits per heavy atom. The molecule has 1 aliphatic heterocycles. The number of aliphatic carboxylic acids is 1. The van der Waals surface area contributed by atoms with E-state index in [1.807, 2.05) is 0 Å². The van der Waals surface area contributed by atoms with Crippen LogP contribution in [-0.2, 0) is 71.5 Å². The van der Waals surface area contributed by atoms with Crippen molar-refractivity contribution in [2.45, 2.75) is 463 Å². The Balaban J connectivity index is 3.76. The molecule has 0 aliphatic carbocycles. The van der Waals surface area contributed by atoms with Crippen LogP contribution < -0.4 is 10.6 Å². The van der Waals surface area contributed by atoms with Crippen molar-refractivity contribution in [1.82, 2.24) is 10.6 Å². The number of aliphatic hydroxyl groups is 1. The first-order valence-electron chi connectivity index (χ1n) is 41.8. The van der Waals surface area contributed by atoms with Crippen molar-refractivity contribution in [2.75, 3.05) is 13.2 Å².